The Morgan fingerprint density at radius 1 is 0.938 bits per heavy atom. The van der Waals surface area contributed by atoms with Crippen molar-refractivity contribution in [2.24, 2.45) is 5.10 Å². The van der Waals surface area contributed by atoms with Gasteiger partial charge in [-0.3, -0.25) is 14.7 Å². The fourth-order valence-corrected chi connectivity index (χ4v) is 7.00. The maximum atomic E-state index is 13.2. The van der Waals surface area contributed by atoms with Crippen LogP contribution in [0.5, 0.6) is 0 Å². The van der Waals surface area contributed by atoms with Gasteiger partial charge in [0, 0.05) is 12.5 Å². The molecular weight excluding hydrogens is 424 g/mol. The van der Waals surface area contributed by atoms with E-state index < -0.39 is 15.9 Å². The first-order valence-corrected chi connectivity index (χ1v) is 13.0. The van der Waals surface area contributed by atoms with Gasteiger partial charge in [0.2, 0.25) is 0 Å². The molecule has 1 N–H and O–H groups in total. The summed E-state index contributed by atoms with van der Waals surface area (Å²) in [4.78, 5) is 15.5. The molecule has 3 atom stereocenters. The summed E-state index contributed by atoms with van der Waals surface area (Å²) in [5.74, 6) is -0.152. The Morgan fingerprint density at radius 2 is 1.59 bits per heavy atom. The number of likely N-dealkylation sites (tertiary alicyclic amines) is 1. The fourth-order valence-electron chi connectivity index (χ4n) is 5.05. The smallest absolute Gasteiger partial charge is 0.267 e. The van der Waals surface area contributed by atoms with Gasteiger partial charge in [-0.1, -0.05) is 48.5 Å². The van der Waals surface area contributed by atoms with Gasteiger partial charge in [-0.2, -0.15) is 5.10 Å². The molecule has 3 aliphatic heterocycles. The molecule has 168 valence electrons. The van der Waals surface area contributed by atoms with E-state index >= 15 is 0 Å². The lowest BCUT2D eigenvalue weighted by Gasteiger charge is -2.28. The number of hydrogen-bond acceptors (Lipinski definition) is 6. The summed E-state index contributed by atoms with van der Waals surface area (Å²) in [6.07, 6.45) is 2.63. The number of benzene rings is 2. The monoisotopic (exact) mass is 452 g/mol. The van der Waals surface area contributed by atoms with E-state index in [9.17, 15) is 13.2 Å². The average molecular weight is 453 g/mol. The highest BCUT2D eigenvalue weighted by atomic mass is 32.2. The molecule has 0 bridgehead atoms. The molecule has 0 aromatic heterocycles. The number of nitrogens with one attached hydrogen (secondary N) is 1. The predicted molar refractivity (Wildman–Crippen MR) is 125 cm³/mol. The lowest BCUT2D eigenvalue weighted by molar-refractivity contribution is -0.115. The first-order chi connectivity index (χ1) is 15.5. The van der Waals surface area contributed by atoms with Crippen molar-refractivity contribution in [3.05, 3.63) is 66.2 Å². The van der Waals surface area contributed by atoms with E-state index in [1.54, 1.807) is 0 Å². The third-order valence-corrected chi connectivity index (χ3v) is 8.34. The zero-order valence-corrected chi connectivity index (χ0v) is 18.7. The van der Waals surface area contributed by atoms with Crippen molar-refractivity contribution in [3.63, 3.8) is 0 Å². The standard InChI is InChI=1S/C24H28N4O3S/c29-24(25-21-16-32(30,31)17-23(21)27-13-7-8-14-27)20-15-22(18-9-3-1-4-10-18)28(26-20)19-11-5-2-6-12-19/h1-6,9-12,21-23H,7-8,13-17H2,(H,25,29). The summed E-state index contributed by atoms with van der Waals surface area (Å²) >= 11 is 0. The van der Waals surface area contributed by atoms with Gasteiger partial charge in [0.05, 0.1) is 29.3 Å². The molecule has 2 fully saturated rings. The van der Waals surface area contributed by atoms with Crippen LogP contribution in [0.3, 0.4) is 0 Å². The summed E-state index contributed by atoms with van der Waals surface area (Å²) in [6, 6.07) is 19.2. The van der Waals surface area contributed by atoms with Gasteiger partial charge < -0.3 is 5.32 Å². The first kappa shape index (κ1) is 21.2. The Balaban J connectivity index is 1.38. The van der Waals surface area contributed by atoms with Crippen LogP contribution in [0.2, 0.25) is 0 Å². The Labute approximate surface area is 189 Å². The zero-order chi connectivity index (χ0) is 22.1. The van der Waals surface area contributed by atoms with Crippen LogP contribution in [-0.4, -0.2) is 61.6 Å². The predicted octanol–water partition coefficient (Wildman–Crippen LogP) is 2.37. The number of nitrogens with zero attached hydrogens (tertiary/aromatic N) is 3. The van der Waals surface area contributed by atoms with E-state index in [1.165, 1.54) is 0 Å². The number of amides is 1. The topological polar surface area (TPSA) is 82.1 Å². The minimum atomic E-state index is -3.17. The van der Waals surface area contributed by atoms with Gasteiger partial charge >= 0.3 is 0 Å². The lowest BCUT2D eigenvalue weighted by Crippen LogP contribution is -2.51. The summed E-state index contributed by atoms with van der Waals surface area (Å²) in [6.45, 7) is 1.79. The molecule has 32 heavy (non-hydrogen) atoms. The summed E-state index contributed by atoms with van der Waals surface area (Å²) in [7, 11) is -3.17. The van der Waals surface area contributed by atoms with Crippen LogP contribution in [0.1, 0.15) is 30.9 Å². The van der Waals surface area contributed by atoms with Crippen molar-refractivity contribution in [2.75, 3.05) is 29.6 Å². The van der Waals surface area contributed by atoms with E-state index in [1.807, 2.05) is 65.7 Å². The number of hydrazone groups is 1. The second kappa shape index (κ2) is 8.67. The Kier molecular flexibility index (Phi) is 5.73. The Morgan fingerprint density at radius 3 is 2.28 bits per heavy atom. The molecule has 0 spiro atoms. The molecule has 5 rings (SSSR count). The molecule has 2 aromatic rings. The van der Waals surface area contributed by atoms with Crippen molar-refractivity contribution in [1.29, 1.82) is 0 Å². The maximum Gasteiger partial charge on any atom is 0.267 e. The van der Waals surface area contributed by atoms with Crippen molar-refractivity contribution in [1.82, 2.24) is 10.2 Å². The summed E-state index contributed by atoms with van der Waals surface area (Å²) in [5.41, 5.74) is 2.44. The molecule has 3 heterocycles. The van der Waals surface area contributed by atoms with Crippen molar-refractivity contribution >= 4 is 27.1 Å². The highest BCUT2D eigenvalue weighted by Gasteiger charge is 2.43. The Bertz CT molecular complexity index is 1100. The minimum Gasteiger partial charge on any atom is -0.346 e. The van der Waals surface area contributed by atoms with Gasteiger partial charge in [-0.25, -0.2) is 8.42 Å². The van der Waals surface area contributed by atoms with E-state index in [-0.39, 0.29) is 29.5 Å². The molecule has 7 nitrogen and oxygen atoms in total. The molecule has 1 amide bonds. The van der Waals surface area contributed by atoms with Crippen LogP contribution < -0.4 is 10.3 Å². The van der Waals surface area contributed by atoms with Gasteiger partial charge in [0.1, 0.15) is 5.71 Å². The molecule has 3 aliphatic rings. The summed E-state index contributed by atoms with van der Waals surface area (Å²) in [5, 5.41) is 9.62. The molecule has 2 saturated heterocycles. The molecule has 0 saturated carbocycles. The summed E-state index contributed by atoms with van der Waals surface area (Å²) < 4.78 is 24.7. The second-order valence-corrected chi connectivity index (χ2v) is 11.0. The van der Waals surface area contributed by atoms with Crippen molar-refractivity contribution < 1.29 is 13.2 Å². The van der Waals surface area contributed by atoms with E-state index in [0.717, 1.165) is 37.2 Å². The number of para-hydroxylation sites is 1. The molecule has 2 aromatic carbocycles. The normalized spacial score (nSPS) is 27.4. The van der Waals surface area contributed by atoms with Crippen LogP contribution in [0.4, 0.5) is 5.69 Å². The van der Waals surface area contributed by atoms with Crippen LogP contribution >= 0.6 is 0 Å². The molecule has 8 heteroatoms. The quantitative estimate of drug-likeness (QED) is 0.753. The number of carbonyl (C=O) groups excluding carboxylic acids is 1. The SMILES string of the molecule is O=C(NC1CS(=O)(=O)CC1N1CCCC1)C1=NN(c2ccccc2)C(c2ccccc2)C1. The number of carbonyl (C=O) groups is 1. The van der Waals surface area contributed by atoms with Crippen molar-refractivity contribution in [3.8, 4) is 0 Å². The van der Waals surface area contributed by atoms with E-state index in [4.69, 9.17) is 5.10 Å². The van der Waals surface area contributed by atoms with Crippen LogP contribution in [0, 0.1) is 0 Å². The molecule has 0 radical (unpaired) electrons. The number of rotatable bonds is 5. The van der Waals surface area contributed by atoms with Gasteiger partial charge in [-0.05, 0) is 43.6 Å². The fraction of sp³-hybridized carbons (Fsp3) is 0.417. The average Bonchev–Trinajstić information content (AvgIpc) is 3.53. The largest absolute Gasteiger partial charge is 0.346 e. The molecular formula is C24H28N4O3S. The molecule has 3 unspecified atom stereocenters. The van der Waals surface area contributed by atoms with Crippen LogP contribution in [0.25, 0.3) is 0 Å². The first-order valence-electron chi connectivity index (χ1n) is 11.2. The molecule has 0 aliphatic carbocycles. The Hall–Kier alpha value is -2.71. The van der Waals surface area contributed by atoms with Gasteiger partial charge in [0.25, 0.3) is 5.91 Å². The van der Waals surface area contributed by atoms with E-state index in [2.05, 4.69) is 10.2 Å². The highest BCUT2D eigenvalue weighted by Crippen LogP contribution is 2.35. The zero-order valence-electron chi connectivity index (χ0n) is 17.9. The maximum absolute atomic E-state index is 13.2. The van der Waals surface area contributed by atoms with E-state index in [0.29, 0.717) is 12.1 Å². The highest BCUT2D eigenvalue weighted by molar-refractivity contribution is 7.91. The number of anilines is 1. The second-order valence-electron chi connectivity index (χ2n) is 8.82. The minimum absolute atomic E-state index is 0.00228. The number of sulfone groups is 1. The van der Waals surface area contributed by atoms with Gasteiger partial charge in [-0.15, -0.1) is 0 Å². The lowest BCUT2D eigenvalue weighted by atomic mass is 10.0. The third-order valence-electron chi connectivity index (χ3n) is 6.63. The van der Waals surface area contributed by atoms with Crippen molar-refractivity contribution in [2.45, 2.75) is 37.4 Å². The van der Waals surface area contributed by atoms with Crippen LogP contribution in [-0.2, 0) is 14.6 Å². The third kappa shape index (κ3) is 4.29. The number of hydrogen-bond donors (Lipinski definition) is 1. The van der Waals surface area contributed by atoms with Gasteiger partial charge in [0.15, 0.2) is 9.84 Å². The van der Waals surface area contributed by atoms with Crippen LogP contribution in [0.15, 0.2) is 65.8 Å².